The second-order valence-corrected chi connectivity index (χ2v) is 7.61. The van der Waals surface area contributed by atoms with Gasteiger partial charge in [0.2, 0.25) is 0 Å². The molecule has 0 bridgehead atoms. The molecule has 9 heteroatoms. The number of carbonyl (C=O) groups excluding carboxylic acids is 2. The van der Waals surface area contributed by atoms with Crippen LogP contribution in [0.5, 0.6) is 0 Å². The number of amides is 2. The van der Waals surface area contributed by atoms with Gasteiger partial charge in [0, 0.05) is 37.4 Å². The Balaban J connectivity index is 1.47. The molecule has 4 N–H and O–H groups in total. The van der Waals surface area contributed by atoms with Crippen LogP contribution in [0.4, 0.5) is 11.5 Å². The minimum Gasteiger partial charge on any atom is -0.369 e. The summed E-state index contributed by atoms with van der Waals surface area (Å²) in [7, 11) is 2.12. The third-order valence-electron chi connectivity index (χ3n) is 4.73. The van der Waals surface area contributed by atoms with Crippen molar-refractivity contribution in [1.29, 1.82) is 0 Å². The van der Waals surface area contributed by atoms with Crippen LogP contribution in [0, 0.1) is 0 Å². The summed E-state index contributed by atoms with van der Waals surface area (Å²) >= 11 is 1.19. The fourth-order valence-corrected chi connectivity index (χ4v) is 3.95. The van der Waals surface area contributed by atoms with Crippen molar-refractivity contribution >= 4 is 44.9 Å². The van der Waals surface area contributed by atoms with Crippen molar-refractivity contribution in [3.05, 3.63) is 40.8 Å². The molecule has 0 saturated carbocycles. The van der Waals surface area contributed by atoms with E-state index in [1.165, 1.54) is 11.3 Å². The molecular weight excluding hydrogens is 364 g/mol. The van der Waals surface area contributed by atoms with E-state index in [0.29, 0.717) is 26.5 Å². The van der Waals surface area contributed by atoms with Crippen LogP contribution in [0.25, 0.3) is 10.2 Å². The first-order valence-electron chi connectivity index (χ1n) is 8.64. The topological polar surface area (TPSA) is 107 Å². The summed E-state index contributed by atoms with van der Waals surface area (Å²) < 4.78 is 0. The first-order chi connectivity index (χ1) is 13.0. The van der Waals surface area contributed by atoms with E-state index in [4.69, 9.17) is 5.73 Å². The zero-order valence-corrected chi connectivity index (χ0v) is 15.7. The molecule has 1 aliphatic rings. The van der Waals surface area contributed by atoms with Crippen molar-refractivity contribution < 1.29 is 9.59 Å². The van der Waals surface area contributed by atoms with E-state index in [1.807, 2.05) is 24.3 Å². The van der Waals surface area contributed by atoms with Gasteiger partial charge in [-0.25, -0.2) is 0 Å². The van der Waals surface area contributed by atoms with Gasteiger partial charge >= 0.3 is 0 Å². The number of nitrogens with two attached hydrogens (primary N) is 1. The summed E-state index contributed by atoms with van der Waals surface area (Å²) in [6.45, 7) is 4.03. The summed E-state index contributed by atoms with van der Waals surface area (Å²) in [6.07, 6.45) is 0. The molecule has 1 aromatic carbocycles. The van der Waals surface area contributed by atoms with Gasteiger partial charge in [0.25, 0.3) is 11.8 Å². The highest BCUT2D eigenvalue weighted by Gasteiger charge is 2.17. The van der Waals surface area contributed by atoms with Gasteiger partial charge in [-0.3, -0.25) is 14.7 Å². The number of hydrogen-bond donors (Lipinski definition) is 3. The van der Waals surface area contributed by atoms with Crippen molar-refractivity contribution in [3.63, 3.8) is 0 Å². The number of hydrogen-bond acceptors (Lipinski definition) is 6. The number of piperazine rings is 1. The van der Waals surface area contributed by atoms with Crippen molar-refractivity contribution in [2.45, 2.75) is 0 Å². The average Bonchev–Trinajstić information content (AvgIpc) is 3.25. The molecule has 140 valence electrons. The predicted octanol–water partition coefficient (Wildman–Crippen LogP) is 1.73. The number of likely N-dealkylation sites (N-methyl/N-ethyl adjacent to an activating group) is 1. The van der Waals surface area contributed by atoms with E-state index in [0.717, 1.165) is 31.9 Å². The maximum absolute atomic E-state index is 12.6. The van der Waals surface area contributed by atoms with Gasteiger partial charge in [-0.05, 0) is 37.4 Å². The van der Waals surface area contributed by atoms with Gasteiger partial charge in [0.1, 0.15) is 10.6 Å². The molecule has 27 heavy (non-hydrogen) atoms. The van der Waals surface area contributed by atoms with E-state index in [1.54, 1.807) is 6.07 Å². The van der Waals surface area contributed by atoms with Crippen molar-refractivity contribution in [3.8, 4) is 0 Å². The lowest BCUT2D eigenvalue weighted by Crippen LogP contribution is -2.44. The molecule has 2 aromatic heterocycles. The second kappa shape index (κ2) is 7.01. The number of aromatic amines is 1. The maximum atomic E-state index is 12.6. The van der Waals surface area contributed by atoms with Crippen LogP contribution in [0.3, 0.4) is 0 Å². The summed E-state index contributed by atoms with van der Waals surface area (Å²) in [6, 6.07) is 9.22. The van der Waals surface area contributed by atoms with Crippen LogP contribution >= 0.6 is 11.3 Å². The van der Waals surface area contributed by atoms with Crippen LogP contribution in [0.2, 0.25) is 0 Å². The van der Waals surface area contributed by atoms with Crippen molar-refractivity contribution in [2.24, 2.45) is 5.73 Å². The number of nitrogens with one attached hydrogen (secondary N) is 2. The highest BCUT2D eigenvalue weighted by atomic mass is 32.1. The lowest BCUT2D eigenvalue weighted by Gasteiger charge is -2.34. The highest BCUT2D eigenvalue weighted by Crippen LogP contribution is 2.29. The standard InChI is InChI=1S/C18H20N6O2S/c1-23-6-8-24(9-7-23)12-4-2-11(3-5-12)17(26)20-16-13-10-14(15(19)25)27-18(13)22-21-16/h2-5,10H,6-9H2,1H3,(H2,19,25)(H2,20,21,22,26). The molecule has 3 heterocycles. The zero-order chi connectivity index (χ0) is 19.0. The zero-order valence-electron chi connectivity index (χ0n) is 14.9. The largest absolute Gasteiger partial charge is 0.369 e. The Morgan fingerprint density at radius 1 is 1.19 bits per heavy atom. The Kier molecular flexibility index (Phi) is 4.54. The van der Waals surface area contributed by atoms with E-state index in [2.05, 4.69) is 32.4 Å². The Labute approximate surface area is 159 Å². The third kappa shape index (κ3) is 3.51. The van der Waals surface area contributed by atoms with Crippen LogP contribution in [0.15, 0.2) is 30.3 Å². The maximum Gasteiger partial charge on any atom is 0.258 e. The minimum absolute atomic E-state index is 0.239. The molecule has 0 aliphatic carbocycles. The monoisotopic (exact) mass is 384 g/mol. The second-order valence-electron chi connectivity index (χ2n) is 6.58. The molecular formula is C18H20N6O2S. The van der Waals surface area contributed by atoms with Gasteiger partial charge in [-0.2, -0.15) is 5.10 Å². The van der Waals surface area contributed by atoms with Crippen LogP contribution in [-0.4, -0.2) is 60.1 Å². The lowest BCUT2D eigenvalue weighted by atomic mass is 10.1. The van der Waals surface area contributed by atoms with Crippen LogP contribution in [-0.2, 0) is 0 Å². The van der Waals surface area contributed by atoms with E-state index in [-0.39, 0.29) is 5.91 Å². The Bertz CT molecular complexity index is 985. The smallest absolute Gasteiger partial charge is 0.258 e. The number of fused-ring (bicyclic) bond motifs is 1. The first kappa shape index (κ1) is 17.5. The summed E-state index contributed by atoms with van der Waals surface area (Å²) in [5.74, 6) is -0.283. The van der Waals surface area contributed by atoms with Crippen LogP contribution < -0.4 is 16.0 Å². The first-order valence-corrected chi connectivity index (χ1v) is 9.45. The average molecular weight is 384 g/mol. The van der Waals surface area contributed by atoms with Crippen LogP contribution in [0.1, 0.15) is 20.0 Å². The number of thiophene rings is 1. The summed E-state index contributed by atoms with van der Waals surface area (Å²) in [4.78, 5) is 29.5. The molecule has 4 rings (SSSR count). The van der Waals surface area contributed by atoms with Crippen molar-refractivity contribution in [1.82, 2.24) is 15.1 Å². The quantitative estimate of drug-likeness (QED) is 0.635. The number of nitrogens with zero attached hydrogens (tertiary/aromatic N) is 3. The predicted molar refractivity (Wildman–Crippen MR) is 107 cm³/mol. The molecule has 0 radical (unpaired) electrons. The van der Waals surface area contributed by atoms with Gasteiger partial charge < -0.3 is 20.9 Å². The molecule has 1 aliphatic heterocycles. The van der Waals surface area contributed by atoms with Gasteiger partial charge in [-0.15, -0.1) is 11.3 Å². The number of benzene rings is 1. The third-order valence-corrected chi connectivity index (χ3v) is 5.77. The van der Waals surface area contributed by atoms with Gasteiger partial charge in [-0.1, -0.05) is 0 Å². The SMILES string of the molecule is CN1CCN(c2ccc(C(=O)Nc3[nH]nc4sc(C(N)=O)cc34)cc2)CC1. The Hall–Kier alpha value is -2.91. The molecule has 2 amide bonds. The van der Waals surface area contributed by atoms with Gasteiger partial charge in [0.15, 0.2) is 0 Å². The molecule has 0 atom stereocenters. The summed E-state index contributed by atoms with van der Waals surface area (Å²) in [5, 5.41) is 10.4. The molecule has 1 fully saturated rings. The highest BCUT2D eigenvalue weighted by molar-refractivity contribution is 7.20. The van der Waals surface area contributed by atoms with E-state index < -0.39 is 5.91 Å². The summed E-state index contributed by atoms with van der Waals surface area (Å²) in [5.41, 5.74) is 6.98. The van der Waals surface area contributed by atoms with E-state index in [9.17, 15) is 9.59 Å². The van der Waals surface area contributed by atoms with E-state index >= 15 is 0 Å². The number of aromatic nitrogens is 2. The molecule has 1 saturated heterocycles. The Morgan fingerprint density at radius 2 is 1.89 bits per heavy atom. The fourth-order valence-electron chi connectivity index (χ4n) is 3.10. The van der Waals surface area contributed by atoms with Crippen molar-refractivity contribution in [2.75, 3.05) is 43.4 Å². The number of carbonyl (C=O) groups is 2. The number of anilines is 2. The molecule has 8 nitrogen and oxygen atoms in total. The number of rotatable bonds is 4. The Morgan fingerprint density at radius 3 is 2.56 bits per heavy atom. The molecule has 3 aromatic rings. The lowest BCUT2D eigenvalue weighted by molar-refractivity contribution is 0.100. The van der Waals surface area contributed by atoms with Gasteiger partial charge in [0.05, 0.1) is 10.3 Å². The fraction of sp³-hybridized carbons (Fsp3) is 0.278. The minimum atomic E-state index is -0.505. The number of primary amides is 1. The number of H-pyrrole nitrogens is 1. The molecule has 0 spiro atoms. The normalized spacial score (nSPS) is 15.2. The molecule has 0 unspecified atom stereocenters.